The van der Waals surface area contributed by atoms with E-state index < -0.39 is 5.91 Å². The number of nitrogens with zero attached hydrogens (tertiary/aromatic N) is 5. The summed E-state index contributed by atoms with van der Waals surface area (Å²) in [5.74, 6) is 0.0777. The third kappa shape index (κ3) is 4.55. The van der Waals surface area contributed by atoms with Crippen molar-refractivity contribution in [2.45, 2.75) is 49.9 Å². The zero-order valence-corrected chi connectivity index (χ0v) is 19.9. The van der Waals surface area contributed by atoms with Gasteiger partial charge in [-0.05, 0) is 43.7 Å². The maximum Gasteiger partial charge on any atom is 0.251 e. The van der Waals surface area contributed by atoms with Gasteiger partial charge in [0, 0.05) is 24.7 Å². The number of nitrogens with one attached hydrogen (secondary N) is 1. The number of fused-ring (bicyclic) bond motifs is 1. The molecule has 3 N–H and O–H groups in total. The minimum absolute atomic E-state index is 0.0864. The van der Waals surface area contributed by atoms with Crippen LogP contribution >= 0.6 is 23.1 Å². The lowest BCUT2D eigenvalue weighted by molar-refractivity contribution is -0.113. The van der Waals surface area contributed by atoms with E-state index in [1.54, 1.807) is 4.68 Å². The Labute approximate surface area is 198 Å². The molecule has 10 nitrogen and oxygen atoms in total. The average molecular weight is 488 g/mol. The van der Waals surface area contributed by atoms with Gasteiger partial charge >= 0.3 is 0 Å². The molecule has 0 spiro atoms. The van der Waals surface area contributed by atoms with E-state index in [1.165, 1.54) is 23.1 Å². The number of carbonyl (C=O) groups is 2. The molecule has 2 aliphatic rings. The Hall–Kier alpha value is -2.70. The maximum atomic E-state index is 12.7. The van der Waals surface area contributed by atoms with Gasteiger partial charge in [-0.3, -0.25) is 18.8 Å². The number of ether oxygens (including phenoxy) is 1. The highest BCUT2D eigenvalue weighted by Crippen LogP contribution is 2.39. The predicted molar refractivity (Wildman–Crippen MR) is 125 cm³/mol. The molecule has 12 heteroatoms. The highest BCUT2D eigenvalue weighted by Gasteiger charge is 2.27. The highest BCUT2D eigenvalue weighted by molar-refractivity contribution is 7.99. The molecular formula is C21H25N7O3S2. The number of carbonyl (C=O) groups excluding carboxylic acids is 2. The van der Waals surface area contributed by atoms with E-state index in [0.29, 0.717) is 28.1 Å². The molecule has 1 saturated heterocycles. The van der Waals surface area contributed by atoms with Crippen LogP contribution in [0.1, 0.15) is 40.1 Å². The van der Waals surface area contributed by atoms with Crippen molar-refractivity contribution in [1.82, 2.24) is 24.5 Å². The van der Waals surface area contributed by atoms with Crippen molar-refractivity contribution >= 4 is 39.9 Å². The smallest absolute Gasteiger partial charge is 0.251 e. The van der Waals surface area contributed by atoms with E-state index >= 15 is 0 Å². The van der Waals surface area contributed by atoms with Crippen LogP contribution in [0.5, 0.6) is 0 Å². The molecular weight excluding hydrogens is 462 g/mol. The lowest BCUT2D eigenvalue weighted by Gasteiger charge is -2.14. The summed E-state index contributed by atoms with van der Waals surface area (Å²) in [5.41, 5.74) is 7.78. The molecule has 0 unspecified atom stereocenters. The molecule has 0 saturated carbocycles. The summed E-state index contributed by atoms with van der Waals surface area (Å²) < 4.78 is 9.51. The Balaban J connectivity index is 1.32. The third-order valence-corrected chi connectivity index (χ3v) is 8.00. The summed E-state index contributed by atoms with van der Waals surface area (Å²) in [5, 5.41) is 17.2. The van der Waals surface area contributed by atoms with Crippen LogP contribution in [0.25, 0.3) is 11.5 Å². The summed E-state index contributed by atoms with van der Waals surface area (Å²) in [4.78, 5) is 25.9. The van der Waals surface area contributed by atoms with E-state index in [1.807, 2.05) is 23.9 Å². The Kier molecular flexibility index (Phi) is 6.21. The second kappa shape index (κ2) is 9.27. The number of thioether (sulfide) groups is 1. The van der Waals surface area contributed by atoms with Crippen LogP contribution in [0.2, 0.25) is 0 Å². The molecule has 5 rings (SSSR count). The van der Waals surface area contributed by atoms with Gasteiger partial charge in [-0.25, -0.2) is 0 Å². The lowest BCUT2D eigenvalue weighted by Crippen LogP contribution is -2.20. The van der Waals surface area contributed by atoms with Crippen molar-refractivity contribution in [2.24, 2.45) is 12.8 Å². The van der Waals surface area contributed by atoms with Gasteiger partial charge in [-0.2, -0.15) is 5.10 Å². The topological polar surface area (TPSA) is 130 Å². The van der Waals surface area contributed by atoms with Crippen molar-refractivity contribution in [3.63, 3.8) is 0 Å². The Morgan fingerprint density at radius 3 is 2.94 bits per heavy atom. The molecule has 33 heavy (non-hydrogen) atoms. The van der Waals surface area contributed by atoms with Crippen LogP contribution in [0, 0.1) is 0 Å². The highest BCUT2D eigenvalue weighted by atomic mass is 32.2. The fraction of sp³-hybridized carbons (Fsp3) is 0.476. The van der Waals surface area contributed by atoms with Crippen LogP contribution in [0.3, 0.4) is 0 Å². The number of aromatic nitrogens is 5. The van der Waals surface area contributed by atoms with Crippen molar-refractivity contribution in [3.05, 3.63) is 28.3 Å². The van der Waals surface area contributed by atoms with E-state index in [4.69, 9.17) is 10.5 Å². The molecule has 1 atom stereocenters. The molecule has 1 fully saturated rings. The molecule has 3 aromatic rings. The zero-order chi connectivity index (χ0) is 22.9. The van der Waals surface area contributed by atoms with Gasteiger partial charge in [0.15, 0.2) is 11.0 Å². The second-order valence-corrected chi connectivity index (χ2v) is 10.2. The van der Waals surface area contributed by atoms with Gasteiger partial charge in [-0.15, -0.1) is 21.5 Å². The molecule has 1 aliphatic heterocycles. The molecule has 0 bridgehead atoms. The summed E-state index contributed by atoms with van der Waals surface area (Å²) in [6, 6.07) is 1.89. The van der Waals surface area contributed by atoms with Crippen LogP contribution in [0.15, 0.2) is 17.4 Å². The van der Waals surface area contributed by atoms with Crippen LogP contribution in [-0.2, 0) is 36.0 Å². The molecule has 0 radical (unpaired) electrons. The van der Waals surface area contributed by atoms with E-state index in [9.17, 15) is 9.59 Å². The average Bonchev–Trinajstić information content (AvgIpc) is 3.56. The predicted octanol–water partition coefficient (Wildman–Crippen LogP) is 2.24. The number of amides is 2. The minimum atomic E-state index is -0.492. The lowest BCUT2D eigenvalue weighted by atomic mass is 10.1. The summed E-state index contributed by atoms with van der Waals surface area (Å²) >= 11 is 2.75. The third-order valence-electron chi connectivity index (χ3n) is 5.82. The first kappa shape index (κ1) is 22.1. The Morgan fingerprint density at radius 2 is 2.21 bits per heavy atom. The second-order valence-electron chi connectivity index (χ2n) is 8.19. The van der Waals surface area contributed by atoms with Gasteiger partial charge in [0.1, 0.15) is 10.7 Å². The van der Waals surface area contributed by atoms with Crippen LogP contribution < -0.4 is 11.1 Å². The Bertz CT molecular complexity index is 1190. The maximum absolute atomic E-state index is 12.7. The molecule has 4 heterocycles. The van der Waals surface area contributed by atoms with Crippen molar-refractivity contribution in [3.8, 4) is 11.5 Å². The van der Waals surface area contributed by atoms with E-state index in [-0.39, 0.29) is 17.8 Å². The number of aryl methyl sites for hydroxylation is 2. The van der Waals surface area contributed by atoms with Crippen molar-refractivity contribution < 1.29 is 14.3 Å². The zero-order valence-electron chi connectivity index (χ0n) is 18.2. The van der Waals surface area contributed by atoms with E-state index in [2.05, 4.69) is 20.6 Å². The van der Waals surface area contributed by atoms with Gasteiger partial charge in [0.05, 0.1) is 24.0 Å². The van der Waals surface area contributed by atoms with E-state index in [0.717, 1.165) is 54.8 Å². The molecule has 3 aromatic heterocycles. The minimum Gasteiger partial charge on any atom is -0.376 e. The van der Waals surface area contributed by atoms with Crippen LogP contribution in [0.4, 0.5) is 5.00 Å². The quantitative estimate of drug-likeness (QED) is 0.466. The summed E-state index contributed by atoms with van der Waals surface area (Å²) in [6.07, 6.45) is 6.72. The number of thiophene rings is 1. The number of primary amides is 1. The van der Waals surface area contributed by atoms with Gasteiger partial charge in [-0.1, -0.05) is 11.8 Å². The Morgan fingerprint density at radius 1 is 1.33 bits per heavy atom. The first-order valence-corrected chi connectivity index (χ1v) is 12.7. The number of hydrogen-bond acceptors (Lipinski definition) is 8. The summed E-state index contributed by atoms with van der Waals surface area (Å²) in [6.45, 7) is 1.36. The number of rotatable bonds is 8. The molecule has 1 aliphatic carbocycles. The fourth-order valence-electron chi connectivity index (χ4n) is 4.32. The fourth-order valence-corrected chi connectivity index (χ4v) is 6.38. The van der Waals surface area contributed by atoms with Crippen molar-refractivity contribution in [1.29, 1.82) is 0 Å². The van der Waals surface area contributed by atoms with Gasteiger partial charge in [0.2, 0.25) is 5.91 Å². The van der Waals surface area contributed by atoms with Crippen LogP contribution in [-0.4, -0.2) is 54.8 Å². The number of nitrogens with two attached hydrogens (primary N) is 1. The first-order chi connectivity index (χ1) is 16.0. The number of hydrogen-bond donors (Lipinski definition) is 2. The molecule has 2 amide bonds. The normalized spacial score (nSPS) is 17.4. The standard InChI is InChI=1S/C21H25N7O3S2/c1-27-8-7-14(26-27)19-24-25-21(28(19)10-12-4-3-9-31-12)32-11-16(29)23-20-17(18(22)30)13-5-2-6-15(13)33-20/h7-8,12H,2-6,9-11H2,1H3,(H2,22,30)(H,23,29)/t12-/m0/s1. The first-order valence-electron chi connectivity index (χ1n) is 10.9. The van der Waals surface area contributed by atoms with Crippen molar-refractivity contribution in [2.75, 3.05) is 17.7 Å². The van der Waals surface area contributed by atoms with Gasteiger partial charge < -0.3 is 15.8 Å². The monoisotopic (exact) mass is 487 g/mol. The SMILES string of the molecule is Cn1ccc(-c2nnc(SCC(=O)Nc3sc4c(c3C(N)=O)CCC4)n2C[C@@H]2CCCO2)n1. The summed E-state index contributed by atoms with van der Waals surface area (Å²) in [7, 11) is 1.85. The van der Waals surface area contributed by atoms with Gasteiger partial charge in [0.25, 0.3) is 5.91 Å². The number of anilines is 1. The largest absolute Gasteiger partial charge is 0.376 e. The molecule has 0 aromatic carbocycles. The molecule has 174 valence electrons.